The van der Waals surface area contributed by atoms with Crippen molar-refractivity contribution in [3.63, 3.8) is 0 Å². The van der Waals surface area contributed by atoms with Crippen LogP contribution in [-0.4, -0.2) is 19.1 Å². The van der Waals surface area contributed by atoms with E-state index in [2.05, 4.69) is 58.0 Å². The lowest BCUT2D eigenvalue weighted by Gasteiger charge is -2.20. The quantitative estimate of drug-likeness (QED) is 0.715. The molecule has 108 valence electrons. The van der Waals surface area contributed by atoms with Crippen LogP contribution in [0.4, 0.5) is 0 Å². The predicted octanol–water partition coefficient (Wildman–Crippen LogP) is 3.67. The highest BCUT2D eigenvalue weighted by atomic mass is 15.2. The van der Waals surface area contributed by atoms with Crippen molar-refractivity contribution < 1.29 is 0 Å². The van der Waals surface area contributed by atoms with E-state index < -0.39 is 0 Å². The number of imidazole rings is 2. The Hall–Kier alpha value is -2.36. The normalized spacial score (nSPS) is 12.5. The highest BCUT2D eigenvalue weighted by Crippen LogP contribution is 2.28. The van der Waals surface area contributed by atoms with E-state index >= 15 is 0 Å². The lowest BCUT2D eigenvalue weighted by atomic mass is 10.0. The van der Waals surface area contributed by atoms with Gasteiger partial charge in [0.15, 0.2) is 11.6 Å². The van der Waals surface area contributed by atoms with Crippen molar-refractivity contribution in [2.45, 2.75) is 25.8 Å². The van der Waals surface area contributed by atoms with Crippen molar-refractivity contribution in [3.8, 4) is 11.6 Å². The molecule has 0 radical (unpaired) electrons. The van der Waals surface area contributed by atoms with E-state index in [9.17, 15) is 0 Å². The largest absolute Gasteiger partial charge is 0.331 e. The molecule has 0 fully saturated rings. The zero-order valence-electron chi connectivity index (χ0n) is 12.5. The highest BCUT2D eigenvalue weighted by molar-refractivity contribution is 5.45. The van der Waals surface area contributed by atoms with Gasteiger partial charge in [0.05, 0.1) is 6.04 Å². The molecule has 0 saturated heterocycles. The summed E-state index contributed by atoms with van der Waals surface area (Å²) in [4.78, 5) is 8.96. The summed E-state index contributed by atoms with van der Waals surface area (Å²) in [5, 5.41) is 0. The van der Waals surface area contributed by atoms with E-state index in [-0.39, 0.29) is 0 Å². The molecule has 0 aliphatic rings. The number of nitrogens with zero attached hydrogens (tertiary/aromatic N) is 4. The third-order valence-electron chi connectivity index (χ3n) is 3.77. The maximum Gasteiger partial charge on any atom is 0.176 e. The maximum atomic E-state index is 4.53. The van der Waals surface area contributed by atoms with Crippen LogP contribution >= 0.6 is 0 Å². The van der Waals surface area contributed by atoms with Gasteiger partial charge in [0.1, 0.15) is 0 Å². The van der Waals surface area contributed by atoms with E-state index in [4.69, 9.17) is 0 Å². The molecule has 0 aliphatic heterocycles. The summed E-state index contributed by atoms with van der Waals surface area (Å²) in [6.45, 7) is 2.22. The molecule has 0 saturated carbocycles. The minimum atomic E-state index is 0.297. The van der Waals surface area contributed by atoms with E-state index in [0.29, 0.717) is 6.04 Å². The van der Waals surface area contributed by atoms with Gasteiger partial charge < -0.3 is 9.13 Å². The minimum Gasteiger partial charge on any atom is -0.331 e. The molecule has 2 aromatic heterocycles. The van der Waals surface area contributed by atoms with Crippen LogP contribution in [-0.2, 0) is 7.05 Å². The number of hydrogen-bond donors (Lipinski definition) is 0. The molecule has 1 atom stereocenters. The average Bonchev–Trinajstić information content (AvgIpc) is 3.14. The van der Waals surface area contributed by atoms with Crippen LogP contribution < -0.4 is 0 Å². The summed E-state index contributed by atoms with van der Waals surface area (Å²) in [6, 6.07) is 10.9. The summed E-state index contributed by atoms with van der Waals surface area (Å²) in [7, 11) is 2.00. The lowest BCUT2D eigenvalue weighted by molar-refractivity contribution is 0.535. The van der Waals surface area contributed by atoms with Crippen molar-refractivity contribution in [2.75, 3.05) is 0 Å². The Morgan fingerprint density at radius 2 is 1.71 bits per heavy atom. The first-order chi connectivity index (χ1) is 10.3. The van der Waals surface area contributed by atoms with Gasteiger partial charge in [-0.1, -0.05) is 43.7 Å². The SMILES string of the molecule is CCC[C@@H](c1ccccc1)n1ccnc1-c1nccn1C. The van der Waals surface area contributed by atoms with Gasteiger partial charge in [-0.2, -0.15) is 0 Å². The van der Waals surface area contributed by atoms with E-state index in [0.717, 1.165) is 24.5 Å². The Bertz CT molecular complexity index is 696. The molecule has 4 heteroatoms. The van der Waals surface area contributed by atoms with Crippen molar-refractivity contribution in [1.82, 2.24) is 19.1 Å². The molecule has 0 bridgehead atoms. The van der Waals surface area contributed by atoms with Gasteiger partial charge in [-0.25, -0.2) is 9.97 Å². The molecular weight excluding hydrogens is 260 g/mol. The Labute approximate surface area is 125 Å². The number of rotatable bonds is 5. The van der Waals surface area contributed by atoms with E-state index in [1.54, 1.807) is 0 Å². The molecule has 2 heterocycles. The number of aryl methyl sites for hydroxylation is 1. The minimum absolute atomic E-state index is 0.297. The second-order valence-electron chi connectivity index (χ2n) is 5.24. The summed E-state index contributed by atoms with van der Waals surface area (Å²) in [5.41, 5.74) is 1.31. The molecule has 3 rings (SSSR count). The molecule has 0 N–H and O–H groups in total. The lowest BCUT2D eigenvalue weighted by Crippen LogP contribution is -2.12. The Morgan fingerprint density at radius 1 is 1.00 bits per heavy atom. The van der Waals surface area contributed by atoms with Crippen LogP contribution in [0.1, 0.15) is 31.4 Å². The topological polar surface area (TPSA) is 35.6 Å². The third kappa shape index (κ3) is 2.61. The van der Waals surface area contributed by atoms with Crippen LogP contribution in [0.5, 0.6) is 0 Å². The second kappa shape index (κ2) is 5.95. The van der Waals surface area contributed by atoms with Gasteiger partial charge >= 0.3 is 0 Å². The van der Waals surface area contributed by atoms with Crippen molar-refractivity contribution in [3.05, 3.63) is 60.7 Å². The van der Waals surface area contributed by atoms with Gasteiger partial charge in [-0.15, -0.1) is 0 Å². The van der Waals surface area contributed by atoms with Crippen LogP contribution in [0.25, 0.3) is 11.6 Å². The molecule has 0 spiro atoms. The molecule has 1 aromatic carbocycles. The van der Waals surface area contributed by atoms with E-state index in [1.165, 1.54) is 5.56 Å². The summed E-state index contributed by atoms with van der Waals surface area (Å²) in [6.07, 6.45) is 9.87. The average molecular weight is 280 g/mol. The maximum absolute atomic E-state index is 4.53. The van der Waals surface area contributed by atoms with Crippen LogP contribution in [0, 0.1) is 0 Å². The predicted molar refractivity (Wildman–Crippen MR) is 83.9 cm³/mol. The fraction of sp³-hybridized carbons (Fsp3) is 0.294. The zero-order valence-corrected chi connectivity index (χ0v) is 12.5. The monoisotopic (exact) mass is 280 g/mol. The van der Waals surface area contributed by atoms with Crippen LogP contribution in [0.2, 0.25) is 0 Å². The fourth-order valence-corrected chi connectivity index (χ4v) is 2.73. The first-order valence-electron chi connectivity index (χ1n) is 7.36. The fourth-order valence-electron chi connectivity index (χ4n) is 2.73. The third-order valence-corrected chi connectivity index (χ3v) is 3.77. The second-order valence-corrected chi connectivity index (χ2v) is 5.24. The molecule has 0 amide bonds. The number of benzene rings is 1. The molecule has 21 heavy (non-hydrogen) atoms. The summed E-state index contributed by atoms with van der Waals surface area (Å²) >= 11 is 0. The molecule has 3 aromatic rings. The molecular formula is C17H20N4. The summed E-state index contributed by atoms with van der Waals surface area (Å²) in [5.74, 6) is 1.82. The van der Waals surface area contributed by atoms with Gasteiger partial charge in [-0.05, 0) is 12.0 Å². The Balaban J connectivity index is 2.06. The van der Waals surface area contributed by atoms with E-state index in [1.807, 2.05) is 30.2 Å². The molecule has 0 aliphatic carbocycles. The Morgan fingerprint density at radius 3 is 2.38 bits per heavy atom. The van der Waals surface area contributed by atoms with Gasteiger partial charge in [0.2, 0.25) is 0 Å². The van der Waals surface area contributed by atoms with Crippen molar-refractivity contribution in [1.29, 1.82) is 0 Å². The summed E-state index contributed by atoms with van der Waals surface area (Å²) < 4.78 is 4.24. The highest BCUT2D eigenvalue weighted by Gasteiger charge is 2.18. The Kier molecular flexibility index (Phi) is 3.86. The van der Waals surface area contributed by atoms with Crippen LogP contribution in [0.3, 0.4) is 0 Å². The smallest absolute Gasteiger partial charge is 0.176 e. The molecule has 4 nitrogen and oxygen atoms in total. The number of hydrogen-bond acceptors (Lipinski definition) is 2. The van der Waals surface area contributed by atoms with Crippen LogP contribution in [0.15, 0.2) is 55.1 Å². The first kappa shape index (κ1) is 13.6. The number of aromatic nitrogens is 4. The van der Waals surface area contributed by atoms with Gasteiger partial charge in [0, 0.05) is 31.8 Å². The first-order valence-corrected chi connectivity index (χ1v) is 7.36. The van der Waals surface area contributed by atoms with Crippen molar-refractivity contribution in [2.24, 2.45) is 7.05 Å². The van der Waals surface area contributed by atoms with Gasteiger partial charge in [0.25, 0.3) is 0 Å². The zero-order chi connectivity index (χ0) is 14.7. The van der Waals surface area contributed by atoms with Gasteiger partial charge in [-0.3, -0.25) is 0 Å². The van der Waals surface area contributed by atoms with Crippen molar-refractivity contribution >= 4 is 0 Å². The standard InChI is InChI=1S/C17H20N4/c1-3-7-15(14-8-5-4-6-9-14)21-13-11-19-17(21)16-18-10-12-20(16)2/h4-6,8-13,15H,3,7H2,1-2H3/t15-/m0/s1. The molecule has 0 unspecified atom stereocenters.